The number of thioether (sulfide) groups is 1. The third kappa shape index (κ3) is 6.04. The number of benzene rings is 1. The minimum atomic E-state index is -0.215. The van der Waals surface area contributed by atoms with E-state index in [1.165, 1.54) is 7.11 Å². The van der Waals surface area contributed by atoms with Crippen LogP contribution in [-0.2, 0) is 9.53 Å². The van der Waals surface area contributed by atoms with Crippen LogP contribution < -0.4 is 0 Å². The van der Waals surface area contributed by atoms with Crippen LogP contribution in [0.1, 0.15) is 6.92 Å². The van der Waals surface area contributed by atoms with Crippen molar-refractivity contribution in [2.75, 3.05) is 32.5 Å². The molecule has 0 aliphatic carbocycles. The largest absolute Gasteiger partial charge is 0.468 e. The fraction of sp³-hybridized carbons (Fsp3) is 0.462. The number of likely N-dealkylation sites (N-methyl/N-ethyl adjacent to an activating group) is 1. The lowest BCUT2D eigenvalue weighted by Crippen LogP contribution is -2.32. The lowest BCUT2D eigenvalue weighted by atomic mass is 10.4. The molecule has 0 radical (unpaired) electrons. The molecule has 1 aromatic rings. The van der Waals surface area contributed by atoms with Crippen LogP contribution in [0.4, 0.5) is 0 Å². The number of rotatable bonds is 7. The molecule has 1 rings (SSSR count). The molecule has 1 aromatic carbocycles. The predicted octanol–water partition coefficient (Wildman–Crippen LogP) is 3.58. The number of halogens is 2. The Morgan fingerprint density at radius 2 is 2.16 bits per heavy atom. The van der Waals surface area contributed by atoms with E-state index in [0.717, 1.165) is 23.7 Å². The molecular weight excluding hydrogens is 305 g/mol. The lowest BCUT2D eigenvalue weighted by Gasteiger charge is -2.18. The van der Waals surface area contributed by atoms with Crippen molar-refractivity contribution in [1.82, 2.24) is 4.90 Å². The number of hydrogen-bond acceptors (Lipinski definition) is 4. The molecule has 0 bridgehead atoms. The second-order valence-electron chi connectivity index (χ2n) is 3.87. The Morgan fingerprint density at radius 3 is 2.79 bits per heavy atom. The number of hydrogen-bond donors (Lipinski definition) is 0. The molecule has 6 heteroatoms. The number of methoxy groups -OCH3 is 1. The second kappa shape index (κ2) is 8.69. The van der Waals surface area contributed by atoms with Crippen molar-refractivity contribution in [3.63, 3.8) is 0 Å². The van der Waals surface area contributed by atoms with Gasteiger partial charge in [-0.3, -0.25) is 9.69 Å². The van der Waals surface area contributed by atoms with E-state index in [0.29, 0.717) is 16.6 Å². The summed E-state index contributed by atoms with van der Waals surface area (Å²) in [6.07, 6.45) is 0. The van der Waals surface area contributed by atoms with Gasteiger partial charge in [-0.25, -0.2) is 0 Å². The van der Waals surface area contributed by atoms with Gasteiger partial charge in [0.05, 0.1) is 18.7 Å². The molecule has 0 aromatic heterocycles. The number of nitrogens with zero attached hydrogens (tertiary/aromatic N) is 1. The predicted molar refractivity (Wildman–Crippen MR) is 81.3 cm³/mol. The highest BCUT2D eigenvalue weighted by atomic mass is 35.5. The maximum atomic E-state index is 11.2. The van der Waals surface area contributed by atoms with E-state index < -0.39 is 0 Å². The molecule has 0 saturated carbocycles. The van der Waals surface area contributed by atoms with E-state index >= 15 is 0 Å². The van der Waals surface area contributed by atoms with Crippen LogP contribution in [0.5, 0.6) is 0 Å². The van der Waals surface area contributed by atoms with E-state index in [1.807, 2.05) is 17.9 Å². The van der Waals surface area contributed by atoms with Gasteiger partial charge in [-0.1, -0.05) is 30.1 Å². The van der Waals surface area contributed by atoms with Gasteiger partial charge in [0.15, 0.2) is 0 Å². The Labute approximate surface area is 128 Å². The van der Waals surface area contributed by atoms with Gasteiger partial charge in [-0.15, -0.1) is 11.8 Å². The van der Waals surface area contributed by atoms with Gasteiger partial charge in [0.2, 0.25) is 0 Å². The average molecular weight is 322 g/mol. The van der Waals surface area contributed by atoms with E-state index in [9.17, 15) is 4.79 Å². The zero-order valence-corrected chi connectivity index (χ0v) is 13.3. The molecule has 19 heavy (non-hydrogen) atoms. The molecule has 0 N–H and O–H groups in total. The van der Waals surface area contributed by atoms with Gasteiger partial charge in [0.1, 0.15) is 0 Å². The normalized spacial score (nSPS) is 10.8. The van der Waals surface area contributed by atoms with Crippen LogP contribution in [0.25, 0.3) is 0 Å². The van der Waals surface area contributed by atoms with Crippen LogP contribution in [0.3, 0.4) is 0 Å². The van der Waals surface area contributed by atoms with Crippen LogP contribution in [0.2, 0.25) is 10.0 Å². The highest BCUT2D eigenvalue weighted by molar-refractivity contribution is 7.99. The highest BCUT2D eigenvalue weighted by Crippen LogP contribution is 2.29. The molecule has 0 fully saturated rings. The summed E-state index contributed by atoms with van der Waals surface area (Å²) < 4.78 is 4.66. The molecule has 0 spiro atoms. The van der Waals surface area contributed by atoms with Gasteiger partial charge in [-0.2, -0.15) is 0 Å². The SMILES string of the molecule is CCN(CCSc1cc(Cl)ccc1Cl)CC(=O)OC. The van der Waals surface area contributed by atoms with Crippen molar-refractivity contribution in [2.24, 2.45) is 0 Å². The third-order valence-electron chi connectivity index (χ3n) is 2.59. The van der Waals surface area contributed by atoms with Gasteiger partial charge in [0.25, 0.3) is 0 Å². The highest BCUT2D eigenvalue weighted by Gasteiger charge is 2.09. The Balaban J connectivity index is 2.43. The van der Waals surface area contributed by atoms with E-state index in [1.54, 1.807) is 23.9 Å². The Bertz CT molecular complexity index is 429. The average Bonchev–Trinajstić information content (AvgIpc) is 2.41. The van der Waals surface area contributed by atoms with Crippen LogP contribution in [-0.4, -0.2) is 43.4 Å². The van der Waals surface area contributed by atoms with Gasteiger partial charge < -0.3 is 4.74 Å². The second-order valence-corrected chi connectivity index (χ2v) is 5.85. The lowest BCUT2D eigenvalue weighted by molar-refractivity contribution is -0.141. The summed E-state index contributed by atoms with van der Waals surface area (Å²) in [4.78, 5) is 14.2. The van der Waals surface area contributed by atoms with Crippen molar-refractivity contribution < 1.29 is 9.53 Å². The molecule has 0 atom stereocenters. The van der Waals surface area contributed by atoms with E-state index in [-0.39, 0.29) is 5.97 Å². The van der Waals surface area contributed by atoms with E-state index in [2.05, 4.69) is 4.74 Å². The van der Waals surface area contributed by atoms with Crippen LogP contribution in [0.15, 0.2) is 23.1 Å². The molecule has 106 valence electrons. The van der Waals surface area contributed by atoms with Crippen LogP contribution in [0, 0.1) is 0 Å². The molecular formula is C13H17Cl2NO2S. The molecule has 0 heterocycles. The van der Waals surface area contributed by atoms with Gasteiger partial charge in [-0.05, 0) is 24.7 Å². The zero-order chi connectivity index (χ0) is 14.3. The summed E-state index contributed by atoms with van der Waals surface area (Å²) >= 11 is 13.6. The maximum Gasteiger partial charge on any atom is 0.319 e. The van der Waals surface area contributed by atoms with Crippen LogP contribution >= 0.6 is 35.0 Å². The van der Waals surface area contributed by atoms with E-state index in [4.69, 9.17) is 23.2 Å². The minimum Gasteiger partial charge on any atom is -0.468 e. The fourth-order valence-electron chi connectivity index (χ4n) is 1.47. The molecule has 0 amide bonds. The molecule has 0 aliphatic heterocycles. The molecule has 3 nitrogen and oxygen atoms in total. The summed E-state index contributed by atoms with van der Waals surface area (Å²) in [6.45, 7) is 3.93. The summed E-state index contributed by atoms with van der Waals surface area (Å²) in [5.74, 6) is 0.623. The minimum absolute atomic E-state index is 0.215. The Hall–Kier alpha value is -0.420. The zero-order valence-electron chi connectivity index (χ0n) is 11.0. The van der Waals surface area contributed by atoms with Crippen molar-refractivity contribution in [2.45, 2.75) is 11.8 Å². The Kier molecular flexibility index (Phi) is 7.61. The first-order valence-corrected chi connectivity index (χ1v) is 7.68. The molecule has 0 saturated heterocycles. The van der Waals surface area contributed by atoms with Crippen molar-refractivity contribution in [1.29, 1.82) is 0 Å². The van der Waals surface area contributed by atoms with Crippen molar-refractivity contribution in [3.8, 4) is 0 Å². The number of esters is 1. The van der Waals surface area contributed by atoms with Crippen molar-refractivity contribution in [3.05, 3.63) is 28.2 Å². The molecule has 0 aliphatic rings. The summed E-state index contributed by atoms with van der Waals surface area (Å²) in [6, 6.07) is 5.41. The van der Waals surface area contributed by atoms with Gasteiger partial charge in [0, 0.05) is 22.2 Å². The number of ether oxygens (including phenoxy) is 1. The molecule has 0 unspecified atom stereocenters. The Morgan fingerprint density at radius 1 is 1.42 bits per heavy atom. The summed E-state index contributed by atoms with van der Waals surface area (Å²) in [7, 11) is 1.40. The topological polar surface area (TPSA) is 29.5 Å². The third-order valence-corrected chi connectivity index (χ3v) is 4.30. The summed E-state index contributed by atoms with van der Waals surface area (Å²) in [5.41, 5.74) is 0. The summed E-state index contributed by atoms with van der Waals surface area (Å²) in [5, 5.41) is 1.37. The fourth-order valence-corrected chi connectivity index (χ4v) is 2.97. The monoisotopic (exact) mass is 321 g/mol. The number of carbonyl (C=O) groups is 1. The first-order valence-electron chi connectivity index (χ1n) is 5.93. The first kappa shape index (κ1) is 16.6. The number of carbonyl (C=O) groups excluding carboxylic acids is 1. The first-order chi connectivity index (χ1) is 9.06. The van der Waals surface area contributed by atoms with Crippen molar-refractivity contribution >= 4 is 40.9 Å². The smallest absolute Gasteiger partial charge is 0.319 e. The standard InChI is InChI=1S/C13H17Cl2NO2S/c1-3-16(9-13(17)18-2)6-7-19-12-8-10(14)4-5-11(12)15/h4-5,8H,3,6-7,9H2,1-2H3. The van der Waals surface area contributed by atoms with Gasteiger partial charge >= 0.3 is 5.97 Å². The maximum absolute atomic E-state index is 11.2. The quantitative estimate of drug-likeness (QED) is 0.567.